The van der Waals surface area contributed by atoms with Crippen LogP contribution >= 0.6 is 0 Å². The number of anilines is 1. The largest absolute Gasteiger partial charge is 0.399 e. The van der Waals surface area contributed by atoms with Gasteiger partial charge in [0.15, 0.2) is 0 Å². The molecular formula is C13H20FN3O3S. The van der Waals surface area contributed by atoms with Gasteiger partial charge < -0.3 is 11.1 Å². The highest BCUT2D eigenvalue weighted by molar-refractivity contribution is 7.89. The fourth-order valence-electron chi connectivity index (χ4n) is 1.53. The Morgan fingerprint density at radius 2 is 2.00 bits per heavy atom. The minimum absolute atomic E-state index is 0.0107. The number of amides is 1. The van der Waals surface area contributed by atoms with Gasteiger partial charge in [-0.25, -0.2) is 17.5 Å². The third-order valence-electron chi connectivity index (χ3n) is 2.56. The van der Waals surface area contributed by atoms with Crippen LogP contribution in [0, 0.1) is 11.7 Å². The summed E-state index contributed by atoms with van der Waals surface area (Å²) in [6.45, 7) is 4.38. The van der Waals surface area contributed by atoms with Crippen LogP contribution in [0.1, 0.15) is 20.3 Å². The summed E-state index contributed by atoms with van der Waals surface area (Å²) in [6, 6.07) is 3.06. The fourth-order valence-corrected chi connectivity index (χ4v) is 2.62. The van der Waals surface area contributed by atoms with Gasteiger partial charge >= 0.3 is 0 Å². The maximum atomic E-state index is 13.1. The van der Waals surface area contributed by atoms with E-state index in [0.717, 1.165) is 18.2 Å². The zero-order valence-corrected chi connectivity index (χ0v) is 12.8. The van der Waals surface area contributed by atoms with Crippen molar-refractivity contribution in [1.82, 2.24) is 10.0 Å². The maximum absolute atomic E-state index is 13.1. The fraction of sp³-hybridized carbons (Fsp3) is 0.462. The third-order valence-corrected chi connectivity index (χ3v) is 4.00. The average molecular weight is 317 g/mol. The first-order valence-electron chi connectivity index (χ1n) is 6.53. The van der Waals surface area contributed by atoms with Crippen molar-refractivity contribution in [3.8, 4) is 0 Å². The minimum Gasteiger partial charge on any atom is -0.399 e. The summed E-state index contributed by atoms with van der Waals surface area (Å²) in [5.74, 6) is -0.656. The van der Waals surface area contributed by atoms with Gasteiger partial charge in [-0.05, 0) is 24.1 Å². The van der Waals surface area contributed by atoms with E-state index >= 15 is 0 Å². The molecule has 1 aromatic rings. The predicted molar refractivity (Wildman–Crippen MR) is 78.5 cm³/mol. The van der Waals surface area contributed by atoms with Crippen molar-refractivity contribution in [2.75, 3.05) is 18.8 Å². The molecule has 0 aliphatic carbocycles. The van der Waals surface area contributed by atoms with Gasteiger partial charge in [0.1, 0.15) is 5.82 Å². The first-order valence-corrected chi connectivity index (χ1v) is 8.01. The summed E-state index contributed by atoms with van der Waals surface area (Å²) >= 11 is 0. The van der Waals surface area contributed by atoms with Gasteiger partial charge in [0.2, 0.25) is 15.9 Å². The molecule has 1 amide bonds. The Bertz CT molecular complexity index is 582. The number of hydrogen-bond acceptors (Lipinski definition) is 4. The van der Waals surface area contributed by atoms with Crippen LogP contribution in [0.5, 0.6) is 0 Å². The Hall–Kier alpha value is -1.67. The number of carbonyl (C=O) groups is 1. The van der Waals surface area contributed by atoms with Crippen LogP contribution < -0.4 is 15.8 Å². The molecule has 21 heavy (non-hydrogen) atoms. The molecule has 6 nitrogen and oxygen atoms in total. The molecule has 0 atom stereocenters. The summed E-state index contributed by atoms with van der Waals surface area (Å²) in [6.07, 6.45) is 0.0107. The monoisotopic (exact) mass is 317 g/mol. The van der Waals surface area contributed by atoms with Gasteiger partial charge in [-0.1, -0.05) is 13.8 Å². The maximum Gasteiger partial charge on any atom is 0.240 e. The van der Waals surface area contributed by atoms with Gasteiger partial charge in [-0.3, -0.25) is 4.79 Å². The molecule has 0 heterocycles. The van der Waals surface area contributed by atoms with E-state index in [2.05, 4.69) is 10.0 Å². The van der Waals surface area contributed by atoms with E-state index in [0.29, 0.717) is 12.5 Å². The average Bonchev–Trinajstić information content (AvgIpc) is 2.35. The van der Waals surface area contributed by atoms with Gasteiger partial charge in [0.25, 0.3) is 0 Å². The topological polar surface area (TPSA) is 101 Å². The summed E-state index contributed by atoms with van der Waals surface area (Å²) in [5.41, 5.74) is 5.42. The normalized spacial score (nSPS) is 11.6. The summed E-state index contributed by atoms with van der Waals surface area (Å²) in [7, 11) is -3.88. The first-order chi connectivity index (χ1) is 9.70. The Kier molecular flexibility index (Phi) is 6.10. The second kappa shape index (κ2) is 7.37. The summed E-state index contributed by atoms with van der Waals surface area (Å²) in [4.78, 5) is 11.2. The van der Waals surface area contributed by atoms with Crippen LogP contribution in [-0.4, -0.2) is 27.4 Å². The molecule has 4 N–H and O–H groups in total. The van der Waals surface area contributed by atoms with Crippen LogP contribution in [0.15, 0.2) is 23.1 Å². The highest BCUT2D eigenvalue weighted by Gasteiger charge is 2.16. The van der Waals surface area contributed by atoms with Crippen LogP contribution in [0.2, 0.25) is 0 Å². The van der Waals surface area contributed by atoms with E-state index in [1.807, 2.05) is 13.8 Å². The second-order valence-corrected chi connectivity index (χ2v) is 6.83. The standard InChI is InChI=1S/C13H20FN3O3S/c1-9(2)8-16-13(18)3-4-17-21(19,20)12-6-10(14)5-11(15)7-12/h5-7,9,17H,3-4,8,15H2,1-2H3,(H,16,18). The molecule has 1 aromatic carbocycles. The molecule has 0 unspecified atom stereocenters. The molecule has 0 saturated carbocycles. The predicted octanol–water partition coefficient (Wildman–Crippen LogP) is 0.849. The number of nitrogen functional groups attached to an aromatic ring is 1. The summed E-state index contributed by atoms with van der Waals surface area (Å²) in [5, 5.41) is 2.67. The van der Waals surface area contributed by atoms with E-state index in [4.69, 9.17) is 5.73 Å². The Labute approximate surface area is 124 Å². The van der Waals surface area contributed by atoms with Crippen molar-refractivity contribution < 1.29 is 17.6 Å². The number of rotatable bonds is 7. The number of nitrogens with two attached hydrogens (primary N) is 1. The summed E-state index contributed by atoms with van der Waals surface area (Å²) < 4.78 is 39.2. The molecule has 0 radical (unpaired) electrons. The minimum atomic E-state index is -3.88. The van der Waals surface area contributed by atoms with Crippen molar-refractivity contribution in [3.63, 3.8) is 0 Å². The van der Waals surface area contributed by atoms with Crippen molar-refractivity contribution in [1.29, 1.82) is 0 Å². The molecule has 0 aliphatic rings. The highest BCUT2D eigenvalue weighted by Crippen LogP contribution is 2.15. The van der Waals surface area contributed by atoms with Crippen molar-refractivity contribution >= 4 is 21.6 Å². The van der Waals surface area contributed by atoms with Crippen molar-refractivity contribution in [2.24, 2.45) is 5.92 Å². The Balaban J connectivity index is 2.55. The second-order valence-electron chi connectivity index (χ2n) is 5.07. The van der Waals surface area contributed by atoms with Gasteiger partial charge in [0.05, 0.1) is 4.90 Å². The molecule has 0 aliphatic heterocycles. The highest BCUT2D eigenvalue weighted by atomic mass is 32.2. The van der Waals surface area contributed by atoms with E-state index < -0.39 is 15.8 Å². The molecule has 0 aromatic heterocycles. The number of carbonyl (C=O) groups excluding carboxylic acids is 1. The molecule has 118 valence electrons. The molecule has 1 rings (SSSR count). The van der Waals surface area contributed by atoms with Gasteiger partial charge in [0, 0.05) is 25.2 Å². The number of hydrogen-bond donors (Lipinski definition) is 3. The zero-order valence-electron chi connectivity index (χ0n) is 12.0. The lowest BCUT2D eigenvalue weighted by atomic mass is 10.2. The van der Waals surface area contributed by atoms with Crippen LogP contribution in [-0.2, 0) is 14.8 Å². The van der Waals surface area contributed by atoms with E-state index in [-0.39, 0.29) is 29.5 Å². The van der Waals surface area contributed by atoms with E-state index in [1.165, 1.54) is 0 Å². The van der Waals surface area contributed by atoms with Crippen LogP contribution in [0.4, 0.5) is 10.1 Å². The lowest BCUT2D eigenvalue weighted by molar-refractivity contribution is -0.121. The number of nitrogens with one attached hydrogen (secondary N) is 2. The molecule has 8 heteroatoms. The Morgan fingerprint density at radius 3 is 2.57 bits per heavy atom. The number of sulfonamides is 1. The molecule has 0 fully saturated rings. The number of benzene rings is 1. The quantitative estimate of drug-likeness (QED) is 0.649. The van der Waals surface area contributed by atoms with Crippen molar-refractivity contribution in [2.45, 2.75) is 25.2 Å². The molecular weight excluding hydrogens is 297 g/mol. The SMILES string of the molecule is CC(C)CNC(=O)CCNS(=O)(=O)c1cc(N)cc(F)c1. The lowest BCUT2D eigenvalue weighted by Gasteiger charge is -2.09. The van der Waals surface area contributed by atoms with Crippen LogP contribution in [0.25, 0.3) is 0 Å². The van der Waals surface area contributed by atoms with Crippen molar-refractivity contribution in [3.05, 3.63) is 24.0 Å². The van der Waals surface area contributed by atoms with E-state index in [1.54, 1.807) is 0 Å². The Morgan fingerprint density at radius 1 is 1.33 bits per heavy atom. The zero-order chi connectivity index (χ0) is 16.0. The third kappa shape index (κ3) is 6.09. The van der Waals surface area contributed by atoms with E-state index in [9.17, 15) is 17.6 Å². The molecule has 0 spiro atoms. The van der Waals surface area contributed by atoms with Crippen LogP contribution in [0.3, 0.4) is 0 Å². The lowest BCUT2D eigenvalue weighted by Crippen LogP contribution is -2.32. The van der Waals surface area contributed by atoms with Gasteiger partial charge in [-0.2, -0.15) is 0 Å². The number of halogens is 1. The smallest absolute Gasteiger partial charge is 0.240 e. The first kappa shape index (κ1) is 17.4. The molecule has 0 saturated heterocycles. The van der Waals surface area contributed by atoms with Gasteiger partial charge in [-0.15, -0.1) is 0 Å². The molecule has 0 bridgehead atoms.